The quantitative estimate of drug-likeness (QED) is 0.793. The van der Waals surface area contributed by atoms with E-state index in [9.17, 15) is 0 Å². The zero-order chi connectivity index (χ0) is 12.0. The second kappa shape index (κ2) is 6.61. The van der Waals surface area contributed by atoms with Crippen LogP contribution in [0, 0.1) is 5.92 Å². The van der Waals surface area contributed by atoms with Crippen molar-refractivity contribution < 1.29 is 0 Å². The minimum Gasteiger partial charge on any atom is -0.319 e. The van der Waals surface area contributed by atoms with E-state index in [4.69, 9.17) is 0 Å². The van der Waals surface area contributed by atoms with Gasteiger partial charge in [0.25, 0.3) is 0 Å². The van der Waals surface area contributed by atoms with Crippen molar-refractivity contribution in [2.75, 3.05) is 20.6 Å². The van der Waals surface area contributed by atoms with Crippen molar-refractivity contribution in [2.24, 2.45) is 5.92 Å². The fourth-order valence-electron chi connectivity index (χ4n) is 1.85. The van der Waals surface area contributed by atoms with Gasteiger partial charge in [0.05, 0.1) is 0 Å². The maximum absolute atomic E-state index is 4.03. The molecule has 0 saturated carbocycles. The SMILES string of the molecule is CNCC(C)C(C)N(C)Cc1ccncc1. The van der Waals surface area contributed by atoms with Crippen LogP contribution in [-0.4, -0.2) is 36.6 Å². The maximum atomic E-state index is 4.03. The number of rotatable bonds is 6. The fraction of sp³-hybridized carbons (Fsp3) is 0.615. The lowest BCUT2D eigenvalue weighted by Gasteiger charge is -2.29. The summed E-state index contributed by atoms with van der Waals surface area (Å²) < 4.78 is 0. The van der Waals surface area contributed by atoms with E-state index in [1.165, 1.54) is 5.56 Å². The smallest absolute Gasteiger partial charge is 0.0271 e. The first-order chi connectivity index (χ1) is 7.65. The van der Waals surface area contributed by atoms with Gasteiger partial charge in [0.15, 0.2) is 0 Å². The highest BCUT2D eigenvalue weighted by Crippen LogP contribution is 2.11. The predicted molar refractivity (Wildman–Crippen MR) is 68.3 cm³/mol. The summed E-state index contributed by atoms with van der Waals surface area (Å²) in [4.78, 5) is 6.42. The van der Waals surface area contributed by atoms with E-state index >= 15 is 0 Å². The highest BCUT2D eigenvalue weighted by Gasteiger charge is 2.16. The van der Waals surface area contributed by atoms with Crippen LogP contribution in [0.2, 0.25) is 0 Å². The Kier molecular flexibility index (Phi) is 5.43. The van der Waals surface area contributed by atoms with E-state index in [1.807, 2.05) is 19.4 Å². The fourth-order valence-corrected chi connectivity index (χ4v) is 1.85. The molecule has 0 saturated heterocycles. The highest BCUT2D eigenvalue weighted by molar-refractivity contribution is 5.09. The van der Waals surface area contributed by atoms with Crippen LogP contribution < -0.4 is 5.32 Å². The van der Waals surface area contributed by atoms with Gasteiger partial charge in [0.1, 0.15) is 0 Å². The number of hydrogen-bond acceptors (Lipinski definition) is 3. The molecule has 0 amide bonds. The van der Waals surface area contributed by atoms with Gasteiger partial charge in [0, 0.05) is 25.0 Å². The van der Waals surface area contributed by atoms with Gasteiger partial charge in [-0.2, -0.15) is 0 Å². The Balaban J connectivity index is 2.48. The topological polar surface area (TPSA) is 28.2 Å². The van der Waals surface area contributed by atoms with E-state index in [1.54, 1.807) is 0 Å². The van der Waals surface area contributed by atoms with Gasteiger partial charge in [-0.3, -0.25) is 9.88 Å². The molecule has 3 nitrogen and oxygen atoms in total. The lowest BCUT2D eigenvalue weighted by Crippen LogP contribution is -2.37. The van der Waals surface area contributed by atoms with Crippen LogP contribution >= 0.6 is 0 Å². The van der Waals surface area contributed by atoms with Crippen molar-refractivity contribution in [1.82, 2.24) is 15.2 Å². The van der Waals surface area contributed by atoms with Crippen LogP contribution in [0.15, 0.2) is 24.5 Å². The molecule has 1 aromatic heterocycles. The molecule has 1 rings (SSSR count). The second-order valence-electron chi connectivity index (χ2n) is 4.55. The minimum absolute atomic E-state index is 0.570. The Morgan fingerprint density at radius 1 is 1.31 bits per heavy atom. The lowest BCUT2D eigenvalue weighted by molar-refractivity contribution is 0.190. The zero-order valence-corrected chi connectivity index (χ0v) is 10.8. The first kappa shape index (κ1) is 13.1. The molecule has 1 N–H and O–H groups in total. The van der Waals surface area contributed by atoms with Gasteiger partial charge in [-0.1, -0.05) is 6.92 Å². The zero-order valence-electron chi connectivity index (χ0n) is 10.8. The Hall–Kier alpha value is -0.930. The van der Waals surface area contributed by atoms with Crippen molar-refractivity contribution in [3.63, 3.8) is 0 Å². The van der Waals surface area contributed by atoms with Crippen molar-refractivity contribution in [3.8, 4) is 0 Å². The van der Waals surface area contributed by atoms with E-state index in [2.05, 4.69) is 48.2 Å². The van der Waals surface area contributed by atoms with Crippen molar-refractivity contribution in [2.45, 2.75) is 26.4 Å². The summed E-state index contributed by atoms with van der Waals surface area (Å²) >= 11 is 0. The first-order valence-corrected chi connectivity index (χ1v) is 5.89. The molecule has 2 unspecified atom stereocenters. The Morgan fingerprint density at radius 3 is 2.50 bits per heavy atom. The summed E-state index contributed by atoms with van der Waals surface area (Å²) in [7, 11) is 4.18. The molecule has 0 aromatic carbocycles. The third-order valence-corrected chi connectivity index (χ3v) is 3.23. The van der Waals surface area contributed by atoms with Gasteiger partial charge < -0.3 is 5.32 Å². The summed E-state index contributed by atoms with van der Waals surface area (Å²) in [6, 6.07) is 4.72. The van der Waals surface area contributed by atoms with Crippen LogP contribution in [0.5, 0.6) is 0 Å². The van der Waals surface area contributed by atoms with Gasteiger partial charge >= 0.3 is 0 Å². The van der Waals surface area contributed by atoms with Crippen LogP contribution in [0.25, 0.3) is 0 Å². The van der Waals surface area contributed by atoms with Gasteiger partial charge in [0.2, 0.25) is 0 Å². The molecule has 0 fully saturated rings. The van der Waals surface area contributed by atoms with Crippen LogP contribution in [0.4, 0.5) is 0 Å². The Bertz CT molecular complexity index is 286. The molecule has 1 heterocycles. The largest absolute Gasteiger partial charge is 0.319 e. The summed E-state index contributed by atoms with van der Waals surface area (Å²) in [5.41, 5.74) is 1.32. The summed E-state index contributed by atoms with van der Waals surface area (Å²) in [6.45, 7) is 6.60. The number of pyridine rings is 1. The Labute approximate surface area is 98.9 Å². The molecule has 0 aliphatic rings. The summed E-state index contributed by atoms with van der Waals surface area (Å²) in [6.07, 6.45) is 3.70. The Morgan fingerprint density at radius 2 is 1.94 bits per heavy atom. The predicted octanol–water partition coefficient (Wildman–Crippen LogP) is 1.76. The molecule has 0 aliphatic heterocycles. The molecule has 1 aromatic rings. The van der Waals surface area contributed by atoms with E-state index < -0.39 is 0 Å². The molecule has 3 heteroatoms. The lowest BCUT2D eigenvalue weighted by atomic mass is 10.0. The van der Waals surface area contributed by atoms with Gasteiger partial charge in [-0.15, -0.1) is 0 Å². The number of nitrogens with one attached hydrogen (secondary N) is 1. The molecule has 2 atom stereocenters. The van der Waals surface area contributed by atoms with Crippen LogP contribution in [0.3, 0.4) is 0 Å². The molecule has 90 valence electrons. The van der Waals surface area contributed by atoms with E-state index in [-0.39, 0.29) is 0 Å². The number of nitrogens with zero attached hydrogens (tertiary/aromatic N) is 2. The summed E-state index contributed by atoms with van der Waals surface area (Å²) in [5.74, 6) is 0.650. The monoisotopic (exact) mass is 221 g/mol. The maximum Gasteiger partial charge on any atom is 0.0271 e. The second-order valence-corrected chi connectivity index (χ2v) is 4.55. The first-order valence-electron chi connectivity index (χ1n) is 5.89. The third kappa shape index (κ3) is 3.91. The average Bonchev–Trinajstić information content (AvgIpc) is 2.29. The molecule has 0 aliphatic carbocycles. The molecule has 0 bridgehead atoms. The molecule has 0 spiro atoms. The molecular weight excluding hydrogens is 198 g/mol. The minimum atomic E-state index is 0.570. The molecular formula is C13H23N3. The highest BCUT2D eigenvalue weighted by atomic mass is 15.1. The van der Waals surface area contributed by atoms with Gasteiger partial charge in [-0.25, -0.2) is 0 Å². The summed E-state index contributed by atoms with van der Waals surface area (Å²) in [5, 5.41) is 3.23. The number of aromatic nitrogens is 1. The molecule has 16 heavy (non-hydrogen) atoms. The van der Waals surface area contributed by atoms with Crippen molar-refractivity contribution >= 4 is 0 Å². The van der Waals surface area contributed by atoms with Crippen LogP contribution in [0.1, 0.15) is 19.4 Å². The van der Waals surface area contributed by atoms with Crippen molar-refractivity contribution in [3.05, 3.63) is 30.1 Å². The third-order valence-electron chi connectivity index (χ3n) is 3.23. The standard InChI is InChI=1S/C13H23N3/c1-11(9-14-3)12(2)16(4)10-13-5-7-15-8-6-13/h5-8,11-12,14H,9-10H2,1-4H3. The average molecular weight is 221 g/mol. The van der Waals surface area contributed by atoms with Crippen molar-refractivity contribution in [1.29, 1.82) is 0 Å². The van der Waals surface area contributed by atoms with Gasteiger partial charge in [-0.05, 0) is 51.2 Å². The number of hydrogen-bond donors (Lipinski definition) is 1. The normalized spacial score (nSPS) is 15.1. The van der Waals surface area contributed by atoms with E-state index in [0.29, 0.717) is 12.0 Å². The van der Waals surface area contributed by atoms with Crippen LogP contribution in [-0.2, 0) is 6.54 Å². The van der Waals surface area contributed by atoms with E-state index in [0.717, 1.165) is 13.1 Å². The molecule has 0 radical (unpaired) electrons.